The molecule has 6 nitrogen and oxygen atoms in total. The molecule has 29 heavy (non-hydrogen) atoms. The molecule has 0 radical (unpaired) electrons. The molecule has 1 aromatic heterocycles. The quantitative estimate of drug-likeness (QED) is 0.690. The molecule has 2 N–H and O–H groups in total. The van der Waals surface area contributed by atoms with Crippen LogP contribution in [0, 0.1) is 17.5 Å². The van der Waals surface area contributed by atoms with Crippen molar-refractivity contribution in [2.45, 2.75) is 12.5 Å². The first-order chi connectivity index (χ1) is 14.0. The van der Waals surface area contributed by atoms with Crippen molar-refractivity contribution in [3.8, 4) is 5.75 Å². The highest BCUT2D eigenvalue weighted by molar-refractivity contribution is 6.06. The molecule has 148 valence electrons. The van der Waals surface area contributed by atoms with E-state index < -0.39 is 29.4 Å². The Morgan fingerprint density at radius 2 is 1.79 bits per heavy atom. The Kier molecular flexibility index (Phi) is 5.03. The van der Waals surface area contributed by atoms with Gasteiger partial charge in [0.2, 0.25) is 5.95 Å². The molecule has 0 saturated heterocycles. The number of halogens is 3. The number of benzene rings is 2. The largest absolute Gasteiger partial charge is 0.492 e. The van der Waals surface area contributed by atoms with Crippen molar-refractivity contribution in [2.75, 3.05) is 17.2 Å². The molecule has 0 aliphatic carbocycles. The summed E-state index contributed by atoms with van der Waals surface area (Å²) in [6.07, 6.45) is 3.55. The molecule has 0 bridgehead atoms. The number of amides is 1. The average Bonchev–Trinajstić information content (AvgIpc) is 2.72. The standard InChI is InChI=1S/C20H15F3N4O2/c21-13-4-2-11(10-15(13)23)26-19(28)12-3-5-14(22)17-16(6-9-29-18(12)17)27-20-24-7-1-8-25-20/h1-5,7-8,10,16H,6,9H2,(H,26,28)(H,24,25,27)/t16-/m0/s1. The van der Waals surface area contributed by atoms with Crippen LogP contribution in [-0.2, 0) is 0 Å². The van der Waals surface area contributed by atoms with Crippen LogP contribution in [0.3, 0.4) is 0 Å². The first-order valence-corrected chi connectivity index (χ1v) is 8.78. The highest BCUT2D eigenvalue weighted by Gasteiger charge is 2.30. The maximum Gasteiger partial charge on any atom is 0.259 e. The molecular weight excluding hydrogens is 385 g/mol. The molecule has 1 atom stereocenters. The fourth-order valence-corrected chi connectivity index (χ4v) is 3.10. The molecule has 0 unspecified atom stereocenters. The van der Waals surface area contributed by atoms with Gasteiger partial charge in [-0.25, -0.2) is 23.1 Å². The molecule has 9 heteroatoms. The van der Waals surface area contributed by atoms with Crippen molar-refractivity contribution in [1.29, 1.82) is 0 Å². The number of ether oxygens (including phenoxy) is 1. The second-order valence-corrected chi connectivity index (χ2v) is 6.33. The number of carbonyl (C=O) groups excluding carboxylic acids is 1. The van der Waals surface area contributed by atoms with E-state index in [1.807, 2.05) is 0 Å². The second-order valence-electron chi connectivity index (χ2n) is 6.33. The van der Waals surface area contributed by atoms with Crippen LogP contribution >= 0.6 is 0 Å². The summed E-state index contributed by atoms with van der Waals surface area (Å²) in [5.74, 6) is -2.89. The Hall–Kier alpha value is -3.62. The normalized spacial score (nSPS) is 15.2. The monoisotopic (exact) mass is 400 g/mol. The summed E-state index contributed by atoms with van der Waals surface area (Å²) in [6, 6.07) is 6.59. The van der Waals surface area contributed by atoms with Crippen LogP contribution in [0.25, 0.3) is 0 Å². The molecule has 2 aromatic carbocycles. The van der Waals surface area contributed by atoms with Crippen LogP contribution in [0.15, 0.2) is 48.8 Å². The van der Waals surface area contributed by atoms with Gasteiger partial charge >= 0.3 is 0 Å². The van der Waals surface area contributed by atoms with Crippen molar-refractivity contribution >= 4 is 17.5 Å². The van der Waals surface area contributed by atoms with E-state index in [-0.39, 0.29) is 29.2 Å². The third-order valence-corrected chi connectivity index (χ3v) is 4.44. The van der Waals surface area contributed by atoms with Gasteiger partial charge in [-0.2, -0.15) is 0 Å². The summed E-state index contributed by atoms with van der Waals surface area (Å²) in [5, 5.41) is 5.51. The summed E-state index contributed by atoms with van der Waals surface area (Å²) in [6.45, 7) is 0.242. The van der Waals surface area contributed by atoms with Crippen LogP contribution < -0.4 is 15.4 Å². The van der Waals surface area contributed by atoms with E-state index in [1.54, 1.807) is 18.5 Å². The molecular formula is C20H15F3N4O2. The highest BCUT2D eigenvalue weighted by atomic mass is 19.2. The zero-order valence-corrected chi connectivity index (χ0v) is 15.0. The Morgan fingerprint density at radius 1 is 1.03 bits per heavy atom. The van der Waals surface area contributed by atoms with Crippen molar-refractivity contribution in [2.24, 2.45) is 0 Å². The predicted molar refractivity (Wildman–Crippen MR) is 99.2 cm³/mol. The maximum absolute atomic E-state index is 14.6. The van der Waals surface area contributed by atoms with Crippen LogP contribution in [-0.4, -0.2) is 22.5 Å². The minimum absolute atomic E-state index is 0.0649. The fraction of sp³-hybridized carbons (Fsp3) is 0.150. The topological polar surface area (TPSA) is 76.1 Å². The van der Waals surface area contributed by atoms with E-state index in [0.29, 0.717) is 12.4 Å². The summed E-state index contributed by atoms with van der Waals surface area (Å²) in [4.78, 5) is 20.8. The van der Waals surface area contributed by atoms with E-state index in [1.165, 1.54) is 12.1 Å². The smallest absolute Gasteiger partial charge is 0.259 e. The van der Waals surface area contributed by atoms with Crippen molar-refractivity contribution in [3.05, 3.63) is 77.4 Å². The lowest BCUT2D eigenvalue weighted by Gasteiger charge is -2.28. The molecule has 0 saturated carbocycles. The zero-order valence-electron chi connectivity index (χ0n) is 15.0. The Labute approximate surface area is 163 Å². The Bertz CT molecular complexity index is 1060. The summed E-state index contributed by atoms with van der Waals surface area (Å²) in [7, 11) is 0. The third-order valence-electron chi connectivity index (χ3n) is 4.44. The van der Waals surface area contributed by atoms with E-state index in [4.69, 9.17) is 4.74 Å². The van der Waals surface area contributed by atoms with Gasteiger partial charge in [-0.15, -0.1) is 0 Å². The highest BCUT2D eigenvalue weighted by Crippen LogP contribution is 2.38. The van der Waals surface area contributed by atoms with Crippen molar-refractivity contribution in [3.63, 3.8) is 0 Å². The number of aromatic nitrogens is 2. The van der Waals surface area contributed by atoms with Gasteiger partial charge in [-0.3, -0.25) is 4.79 Å². The first-order valence-electron chi connectivity index (χ1n) is 8.78. The number of hydrogen-bond donors (Lipinski definition) is 2. The summed E-state index contributed by atoms with van der Waals surface area (Å²) >= 11 is 0. The second kappa shape index (κ2) is 7.78. The van der Waals surface area contributed by atoms with Crippen LogP contribution in [0.2, 0.25) is 0 Å². The van der Waals surface area contributed by atoms with E-state index in [0.717, 1.165) is 18.2 Å². The number of nitrogens with one attached hydrogen (secondary N) is 2. The number of rotatable bonds is 4. The van der Waals surface area contributed by atoms with Gasteiger partial charge in [0, 0.05) is 30.6 Å². The van der Waals surface area contributed by atoms with Crippen LogP contribution in [0.1, 0.15) is 28.4 Å². The lowest BCUT2D eigenvalue weighted by atomic mass is 9.96. The number of hydrogen-bond acceptors (Lipinski definition) is 5. The van der Waals surface area contributed by atoms with Gasteiger partial charge in [0.1, 0.15) is 11.6 Å². The van der Waals surface area contributed by atoms with Crippen LogP contribution in [0.5, 0.6) is 5.75 Å². The average molecular weight is 400 g/mol. The van der Waals surface area contributed by atoms with Gasteiger partial charge in [0.25, 0.3) is 5.91 Å². The number of fused-ring (bicyclic) bond motifs is 1. The molecule has 1 aliphatic heterocycles. The van der Waals surface area contributed by atoms with Crippen molar-refractivity contribution < 1.29 is 22.7 Å². The third kappa shape index (κ3) is 3.84. The number of nitrogens with zero attached hydrogens (tertiary/aromatic N) is 2. The molecule has 3 aromatic rings. The molecule has 1 aliphatic rings. The zero-order chi connectivity index (χ0) is 20.4. The molecule has 1 amide bonds. The molecule has 0 fully saturated rings. The van der Waals surface area contributed by atoms with Crippen molar-refractivity contribution in [1.82, 2.24) is 9.97 Å². The maximum atomic E-state index is 14.6. The fourth-order valence-electron chi connectivity index (χ4n) is 3.10. The molecule has 0 spiro atoms. The first kappa shape index (κ1) is 18.7. The van der Waals surface area contributed by atoms with Gasteiger partial charge in [-0.1, -0.05) is 0 Å². The molecule has 4 rings (SSSR count). The lowest BCUT2D eigenvalue weighted by molar-refractivity contribution is 0.102. The Balaban J connectivity index is 1.64. The summed E-state index contributed by atoms with van der Waals surface area (Å²) < 4.78 is 46.7. The minimum atomic E-state index is -1.09. The van der Waals surface area contributed by atoms with Gasteiger partial charge in [-0.05, 0) is 30.3 Å². The van der Waals surface area contributed by atoms with E-state index in [2.05, 4.69) is 20.6 Å². The lowest BCUT2D eigenvalue weighted by Crippen LogP contribution is -2.25. The SMILES string of the molecule is O=C(Nc1ccc(F)c(F)c1)c1ccc(F)c2c1OCC[C@@H]2Nc1ncccn1. The summed E-state index contributed by atoms with van der Waals surface area (Å²) in [5.41, 5.74) is 0.323. The van der Waals surface area contributed by atoms with E-state index in [9.17, 15) is 18.0 Å². The Morgan fingerprint density at radius 3 is 2.55 bits per heavy atom. The minimum Gasteiger partial charge on any atom is -0.492 e. The number of anilines is 2. The van der Waals surface area contributed by atoms with E-state index >= 15 is 0 Å². The van der Waals surface area contributed by atoms with Gasteiger partial charge < -0.3 is 15.4 Å². The van der Waals surface area contributed by atoms with Crippen LogP contribution in [0.4, 0.5) is 24.8 Å². The molecule has 2 heterocycles. The van der Waals surface area contributed by atoms with Gasteiger partial charge in [0.05, 0.1) is 23.8 Å². The predicted octanol–water partition coefficient (Wildman–Crippen LogP) is 4.08. The van der Waals surface area contributed by atoms with Gasteiger partial charge in [0.15, 0.2) is 11.6 Å². The number of carbonyl (C=O) groups is 1.